The second-order valence-electron chi connectivity index (χ2n) is 12.3. The van der Waals surface area contributed by atoms with Crippen LogP contribution in [-0.2, 0) is 24.5 Å². The van der Waals surface area contributed by atoms with E-state index in [0.717, 1.165) is 27.6 Å². The Kier molecular flexibility index (Phi) is 9.57. The number of nitrogens with zero attached hydrogens (tertiary/aromatic N) is 1. The Bertz CT molecular complexity index is 1770. The zero-order valence-electron chi connectivity index (χ0n) is 26.5. The van der Waals surface area contributed by atoms with Gasteiger partial charge in [0, 0.05) is 24.2 Å². The molecule has 1 amide bonds. The van der Waals surface area contributed by atoms with Crippen molar-refractivity contribution in [3.8, 4) is 11.5 Å². The van der Waals surface area contributed by atoms with Gasteiger partial charge in [0.1, 0.15) is 30.3 Å². The van der Waals surface area contributed by atoms with Crippen LogP contribution in [0.1, 0.15) is 73.1 Å². The summed E-state index contributed by atoms with van der Waals surface area (Å²) in [6, 6.07) is 31.1. The van der Waals surface area contributed by atoms with Crippen molar-refractivity contribution in [2.24, 2.45) is 0 Å². The monoisotopic (exact) mass is 604 g/mol. The highest BCUT2D eigenvalue weighted by Crippen LogP contribution is 2.35. The van der Waals surface area contributed by atoms with E-state index in [9.17, 15) is 9.59 Å². The number of rotatable bonds is 10. The molecule has 0 spiro atoms. The highest BCUT2D eigenvalue weighted by molar-refractivity contribution is 5.98. The second kappa shape index (κ2) is 13.7. The summed E-state index contributed by atoms with van der Waals surface area (Å²) in [6.45, 7) is 10.6. The minimum absolute atomic E-state index is 0.104. The van der Waals surface area contributed by atoms with E-state index in [0.29, 0.717) is 35.8 Å². The van der Waals surface area contributed by atoms with Crippen LogP contribution in [0.25, 0.3) is 10.9 Å². The van der Waals surface area contributed by atoms with Gasteiger partial charge in [0.25, 0.3) is 5.91 Å². The van der Waals surface area contributed by atoms with Crippen LogP contribution in [0.5, 0.6) is 11.5 Å². The normalized spacial score (nSPS) is 11.4. The van der Waals surface area contributed by atoms with Crippen LogP contribution in [0.15, 0.2) is 103 Å². The van der Waals surface area contributed by atoms with Crippen molar-refractivity contribution >= 4 is 22.9 Å². The van der Waals surface area contributed by atoms with Gasteiger partial charge in [-0.1, -0.05) is 86.6 Å². The summed E-state index contributed by atoms with van der Waals surface area (Å²) in [6.07, 6.45) is 1.25. The van der Waals surface area contributed by atoms with Crippen LogP contribution in [0.3, 0.4) is 0 Å². The smallest absolute Gasteiger partial charge is 0.418 e. The first kappa shape index (κ1) is 31.4. The molecule has 1 aromatic heterocycles. The molecule has 1 heterocycles. The molecule has 0 unspecified atom stereocenters. The molecular weight excluding hydrogens is 564 g/mol. The van der Waals surface area contributed by atoms with E-state index in [4.69, 9.17) is 14.2 Å². The van der Waals surface area contributed by atoms with Crippen molar-refractivity contribution in [2.75, 3.05) is 0 Å². The molecule has 7 nitrogen and oxygen atoms in total. The second-order valence-corrected chi connectivity index (χ2v) is 12.3. The quantitative estimate of drug-likeness (QED) is 0.173. The third kappa shape index (κ3) is 7.92. The fraction of sp³-hybridized carbons (Fsp3) is 0.263. The van der Waals surface area contributed by atoms with Crippen molar-refractivity contribution in [3.05, 3.63) is 131 Å². The lowest BCUT2D eigenvalue weighted by atomic mass is 9.98. The van der Waals surface area contributed by atoms with E-state index < -0.39 is 11.7 Å². The molecule has 0 saturated carbocycles. The van der Waals surface area contributed by atoms with Crippen LogP contribution < -0.4 is 14.8 Å². The number of nitrogens with one attached hydrogen (secondary N) is 1. The van der Waals surface area contributed by atoms with Crippen LogP contribution in [-0.4, -0.2) is 22.2 Å². The summed E-state index contributed by atoms with van der Waals surface area (Å²) in [4.78, 5) is 26.6. The molecule has 1 N–H and O–H groups in total. The maximum atomic E-state index is 13.8. The van der Waals surface area contributed by atoms with Crippen LogP contribution >= 0.6 is 0 Å². The number of hydrogen-bond acceptors (Lipinski definition) is 5. The van der Waals surface area contributed by atoms with E-state index in [2.05, 4.69) is 19.2 Å². The molecule has 0 aliphatic carbocycles. The third-order valence-corrected chi connectivity index (χ3v) is 7.31. The number of carbonyl (C=O) groups excluding carboxylic acids is 2. The number of ether oxygens (including phenoxy) is 3. The summed E-state index contributed by atoms with van der Waals surface area (Å²) in [5.74, 6) is 0.963. The highest BCUT2D eigenvalue weighted by atomic mass is 16.6. The maximum Gasteiger partial charge on any atom is 0.418 e. The van der Waals surface area contributed by atoms with Gasteiger partial charge in [-0.3, -0.25) is 9.36 Å². The molecule has 5 rings (SSSR count). The van der Waals surface area contributed by atoms with Crippen molar-refractivity contribution in [3.63, 3.8) is 0 Å². The Labute approximate surface area is 264 Å². The molecule has 0 aliphatic rings. The molecule has 0 saturated heterocycles. The summed E-state index contributed by atoms with van der Waals surface area (Å²) in [7, 11) is 0. The van der Waals surface area contributed by atoms with Crippen molar-refractivity contribution in [1.82, 2.24) is 9.88 Å². The first-order chi connectivity index (χ1) is 21.6. The molecule has 232 valence electrons. The van der Waals surface area contributed by atoms with Gasteiger partial charge >= 0.3 is 6.09 Å². The third-order valence-electron chi connectivity index (χ3n) is 7.31. The van der Waals surface area contributed by atoms with Crippen LogP contribution in [0.2, 0.25) is 0 Å². The van der Waals surface area contributed by atoms with E-state index in [1.165, 1.54) is 4.57 Å². The number of aromatic nitrogens is 1. The molecule has 5 aromatic rings. The average Bonchev–Trinajstić information content (AvgIpc) is 3.47. The lowest BCUT2D eigenvalue weighted by molar-refractivity contribution is 0.0544. The number of hydrogen-bond donors (Lipinski definition) is 1. The molecule has 0 fully saturated rings. The minimum Gasteiger partial charge on any atom is -0.488 e. The first-order valence-corrected chi connectivity index (χ1v) is 15.2. The highest BCUT2D eigenvalue weighted by Gasteiger charge is 2.22. The fourth-order valence-electron chi connectivity index (χ4n) is 5.05. The maximum absolute atomic E-state index is 13.8. The summed E-state index contributed by atoms with van der Waals surface area (Å²) < 4.78 is 19.6. The molecular formula is C38H40N2O5. The Morgan fingerprint density at radius 1 is 0.778 bits per heavy atom. The largest absolute Gasteiger partial charge is 0.488 e. The number of amides is 1. The fourth-order valence-corrected chi connectivity index (χ4v) is 5.05. The topological polar surface area (TPSA) is 78.8 Å². The molecule has 0 radical (unpaired) electrons. The van der Waals surface area contributed by atoms with Crippen LogP contribution in [0.4, 0.5) is 4.79 Å². The van der Waals surface area contributed by atoms with Gasteiger partial charge in [-0.25, -0.2) is 4.79 Å². The molecule has 4 aromatic carbocycles. The minimum atomic E-state index is -0.615. The van der Waals surface area contributed by atoms with Crippen molar-refractivity contribution in [1.29, 1.82) is 0 Å². The van der Waals surface area contributed by atoms with Crippen molar-refractivity contribution < 1.29 is 23.8 Å². The lowest BCUT2D eigenvalue weighted by Crippen LogP contribution is -2.26. The van der Waals surface area contributed by atoms with Crippen LogP contribution in [0, 0.1) is 0 Å². The molecule has 45 heavy (non-hydrogen) atoms. The number of carbonyl (C=O) groups is 2. The molecule has 0 atom stereocenters. The van der Waals surface area contributed by atoms with Gasteiger partial charge in [0.05, 0.1) is 11.1 Å². The Morgan fingerprint density at radius 3 is 2.00 bits per heavy atom. The number of benzene rings is 4. The Balaban J connectivity index is 1.41. The predicted molar refractivity (Wildman–Crippen MR) is 177 cm³/mol. The Morgan fingerprint density at radius 2 is 1.40 bits per heavy atom. The van der Waals surface area contributed by atoms with Gasteiger partial charge in [-0.15, -0.1) is 0 Å². The zero-order chi connectivity index (χ0) is 32.0. The van der Waals surface area contributed by atoms with Gasteiger partial charge in [0.15, 0.2) is 0 Å². The molecule has 0 bridgehead atoms. The van der Waals surface area contributed by atoms with Gasteiger partial charge in [-0.2, -0.15) is 0 Å². The van der Waals surface area contributed by atoms with E-state index in [1.807, 2.05) is 118 Å². The van der Waals surface area contributed by atoms with E-state index in [-0.39, 0.29) is 18.4 Å². The number of fused-ring (bicyclic) bond motifs is 1. The van der Waals surface area contributed by atoms with E-state index in [1.54, 1.807) is 6.20 Å². The average molecular weight is 605 g/mol. The first-order valence-electron chi connectivity index (χ1n) is 15.2. The van der Waals surface area contributed by atoms with E-state index >= 15 is 0 Å². The Hall–Kier alpha value is -5.04. The van der Waals surface area contributed by atoms with Gasteiger partial charge < -0.3 is 19.5 Å². The predicted octanol–water partition coefficient (Wildman–Crippen LogP) is 8.64. The van der Waals surface area contributed by atoms with Gasteiger partial charge in [-0.05, 0) is 67.1 Å². The van der Waals surface area contributed by atoms with Crippen molar-refractivity contribution in [2.45, 2.75) is 65.9 Å². The molecule has 7 heteroatoms. The summed E-state index contributed by atoms with van der Waals surface area (Å²) in [5, 5.41) is 3.94. The summed E-state index contributed by atoms with van der Waals surface area (Å²) in [5.41, 5.74) is 4.36. The lowest BCUT2D eigenvalue weighted by Gasteiger charge is -2.20. The standard InChI is InChI=1S/C38H40N2O5/c1-26(2)31-21-32(35(44-25-28-15-10-7-11-16-28)22-34(31)43-24-27-13-8-6-9-14-27)36(41)39-23-29-17-12-18-33-30(29)19-20-40(33)37(42)45-38(3,4)5/h6-22,26H,23-25H2,1-5H3,(H,39,41). The SMILES string of the molecule is CC(C)c1cc(C(=O)NCc2cccc3c2ccn3C(=O)OC(C)(C)C)c(OCc2ccccc2)cc1OCc1ccccc1. The molecule has 0 aliphatic heterocycles. The summed E-state index contributed by atoms with van der Waals surface area (Å²) >= 11 is 0. The van der Waals surface area contributed by atoms with Gasteiger partial charge in [0.2, 0.25) is 0 Å². The zero-order valence-corrected chi connectivity index (χ0v) is 26.5.